The van der Waals surface area contributed by atoms with E-state index < -0.39 is 0 Å². The molecule has 7 heteroatoms. The van der Waals surface area contributed by atoms with Crippen LogP contribution < -0.4 is 10.1 Å². The molecule has 0 aliphatic heterocycles. The fourth-order valence-corrected chi connectivity index (χ4v) is 3.32. The number of thioether (sulfide) groups is 1. The molecular weight excluding hydrogens is 318 g/mol. The Morgan fingerprint density at radius 1 is 1.32 bits per heavy atom. The first-order chi connectivity index (χ1) is 10.6. The quantitative estimate of drug-likeness (QED) is 0.612. The maximum Gasteiger partial charge on any atom is 0.257 e. The number of rotatable bonds is 7. The van der Waals surface area contributed by atoms with Crippen molar-refractivity contribution < 1.29 is 9.53 Å². The average molecular weight is 337 g/mol. The summed E-state index contributed by atoms with van der Waals surface area (Å²) in [6.07, 6.45) is 0. The smallest absolute Gasteiger partial charge is 0.257 e. The van der Waals surface area contributed by atoms with Crippen LogP contribution in [0.5, 0.6) is 5.75 Å². The lowest BCUT2D eigenvalue weighted by Crippen LogP contribution is -2.11. The Morgan fingerprint density at radius 2 is 2.05 bits per heavy atom. The number of benzene rings is 1. The molecule has 0 unspecified atom stereocenters. The molecule has 0 fully saturated rings. The lowest BCUT2D eigenvalue weighted by atomic mass is 10.2. The Labute approximate surface area is 138 Å². The van der Waals surface area contributed by atoms with Crippen LogP contribution in [0.3, 0.4) is 0 Å². The van der Waals surface area contributed by atoms with Crippen molar-refractivity contribution in [1.82, 2.24) is 10.2 Å². The monoisotopic (exact) mass is 337 g/mol. The van der Waals surface area contributed by atoms with Crippen LogP contribution >= 0.6 is 23.1 Å². The highest BCUT2D eigenvalue weighted by Crippen LogP contribution is 2.27. The minimum atomic E-state index is -0.195. The van der Waals surface area contributed by atoms with Crippen LogP contribution in [0.15, 0.2) is 28.6 Å². The molecule has 2 aromatic rings. The molecule has 1 heterocycles. The molecule has 0 atom stereocenters. The summed E-state index contributed by atoms with van der Waals surface area (Å²) in [5.74, 6) is 2.14. The second kappa shape index (κ2) is 8.14. The molecule has 1 aromatic carbocycles. The van der Waals surface area contributed by atoms with Crippen molar-refractivity contribution in [2.24, 2.45) is 5.92 Å². The van der Waals surface area contributed by atoms with Gasteiger partial charge in [0.25, 0.3) is 5.91 Å². The highest BCUT2D eigenvalue weighted by Gasteiger charge is 2.11. The maximum absolute atomic E-state index is 12.1. The van der Waals surface area contributed by atoms with Crippen molar-refractivity contribution in [2.45, 2.75) is 25.1 Å². The van der Waals surface area contributed by atoms with Crippen molar-refractivity contribution in [1.29, 1.82) is 0 Å². The lowest BCUT2D eigenvalue weighted by Gasteiger charge is -2.04. The van der Waals surface area contributed by atoms with Gasteiger partial charge in [-0.1, -0.05) is 36.9 Å². The number of nitrogens with one attached hydrogen (secondary N) is 1. The first-order valence-corrected chi connectivity index (χ1v) is 8.89. The fraction of sp³-hybridized carbons (Fsp3) is 0.400. The molecule has 0 saturated carbocycles. The van der Waals surface area contributed by atoms with Crippen molar-refractivity contribution >= 4 is 34.1 Å². The summed E-state index contributed by atoms with van der Waals surface area (Å²) < 4.78 is 6.22. The Kier molecular flexibility index (Phi) is 6.21. The van der Waals surface area contributed by atoms with E-state index in [-0.39, 0.29) is 5.91 Å². The lowest BCUT2D eigenvalue weighted by molar-refractivity contribution is 0.102. The Morgan fingerprint density at radius 3 is 2.68 bits per heavy atom. The molecule has 5 nitrogen and oxygen atoms in total. The zero-order valence-electron chi connectivity index (χ0n) is 12.8. The van der Waals surface area contributed by atoms with Crippen LogP contribution in [0.2, 0.25) is 0 Å². The van der Waals surface area contributed by atoms with Crippen molar-refractivity contribution in [3.63, 3.8) is 0 Å². The summed E-state index contributed by atoms with van der Waals surface area (Å²) in [6.45, 7) is 6.84. The minimum absolute atomic E-state index is 0.195. The van der Waals surface area contributed by atoms with Crippen LogP contribution in [-0.2, 0) is 0 Å². The molecule has 118 valence electrons. The van der Waals surface area contributed by atoms with E-state index in [1.165, 1.54) is 11.3 Å². The summed E-state index contributed by atoms with van der Waals surface area (Å²) in [5, 5.41) is 11.4. The molecule has 1 aromatic heterocycles. The largest absolute Gasteiger partial charge is 0.494 e. The van der Waals surface area contributed by atoms with Crippen LogP contribution in [-0.4, -0.2) is 28.5 Å². The van der Waals surface area contributed by atoms with Gasteiger partial charge >= 0.3 is 0 Å². The number of carbonyl (C=O) groups excluding carboxylic acids is 1. The van der Waals surface area contributed by atoms with E-state index in [1.54, 1.807) is 36.0 Å². The van der Waals surface area contributed by atoms with Gasteiger partial charge in [0.15, 0.2) is 4.34 Å². The number of amides is 1. The van der Waals surface area contributed by atoms with E-state index in [0.29, 0.717) is 23.2 Å². The maximum atomic E-state index is 12.1. The standard InChI is InChI=1S/C15H19N3O2S2/c1-4-20-12-7-5-11(6-8-12)13(19)16-14-17-18-15(22-14)21-9-10(2)3/h5-8,10H,4,9H2,1-3H3,(H,16,17,19). The molecule has 0 aliphatic carbocycles. The SMILES string of the molecule is CCOc1ccc(C(=O)Nc2nnc(SCC(C)C)s2)cc1. The molecule has 1 amide bonds. The summed E-state index contributed by atoms with van der Waals surface area (Å²) >= 11 is 3.05. The van der Waals surface area contributed by atoms with Crippen LogP contribution in [0.1, 0.15) is 31.1 Å². The van der Waals surface area contributed by atoms with Crippen molar-refractivity contribution in [3.05, 3.63) is 29.8 Å². The predicted octanol–water partition coefficient (Wildman–Crippen LogP) is 3.94. The van der Waals surface area contributed by atoms with E-state index in [9.17, 15) is 4.79 Å². The van der Waals surface area contributed by atoms with Crippen molar-refractivity contribution in [2.75, 3.05) is 17.7 Å². The zero-order chi connectivity index (χ0) is 15.9. The van der Waals surface area contributed by atoms with Gasteiger partial charge in [-0.05, 0) is 37.1 Å². The third-order valence-corrected chi connectivity index (χ3v) is 4.99. The molecule has 0 radical (unpaired) electrons. The number of hydrogen-bond acceptors (Lipinski definition) is 6. The van der Waals surface area contributed by atoms with Gasteiger partial charge in [-0.15, -0.1) is 10.2 Å². The van der Waals surface area contributed by atoms with E-state index >= 15 is 0 Å². The van der Waals surface area contributed by atoms with Crippen LogP contribution in [0, 0.1) is 5.92 Å². The Bertz CT molecular complexity index is 612. The van der Waals surface area contributed by atoms with Gasteiger partial charge < -0.3 is 4.74 Å². The van der Waals surface area contributed by atoms with Gasteiger partial charge in [0.1, 0.15) is 5.75 Å². The molecular formula is C15H19N3O2S2. The Balaban J connectivity index is 1.93. The number of aromatic nitrogens is 2. The number of ether oxygens (including phenoxy) is 1. The fourth-order valence-electron chi connectivity index (χ4n) is 1.60. The van der Waals surface area contributed by atoms with Gasteiger partial charge in [-0.3, -0.25) is 10.1 Å². The van der Waals surface area contributed by atoms with E-state index in [0.717, 1.165) is 15.8 Å². The second-order valence-corrected chi connectivity index (χ2v) is 7.23. The summed E-state index contributed by atoms with van der Waals surface area (Å²) in [7, 11) is 0. The number of anilines is 1. The molecule has 0 saturated heterocycles. The van der Waals surface area contributed by atoms with E-state index in [1.807, 2.05) is 6.92 Å². The summed E-state index contributed by atoms with van der Waals surface area (Å²) in [4.78, 5) is 12.1. The Hall–Kier alpha value is -1.60. The first kappa shape index (κ1) is 16.8. The van der Waals surface area contributed by atoms with Crippen LogP contribution in [0.4, 0.5) is 5.13 Å². The highest BCUT2D eigenvalue weighted by molar-refractivity contribution is 8.01. The predicted molar refractivity (Wildman–Crippen MR) is 91.0 cm³/mol. The molecule has 0 bridgehead atoms. The molecule has 0 aliphatic rings. The van der Waals surface area contributed by atoms with E-state index in [4.69, 9.17) is 4.74 Å². The second-order valence-electron chi connectivity index (χ2n) is 4.99. The van der Waals surface area contributed by atoms with Gasteiger partial charge in [-0.2, -0.15) is 0 Å². The van der Waals surface area contributed by atoms with Crippen molar-refractivity contribution in [3.8, 4) is 5.75 Å². The number of nitrogens with zero attached hydrogens (tertiary/aromatic N) is 2. The molecule has 2 rings (SSSR count). The van der Waals surface area contributed by atoms with Gasteiger partial charge in [0, 0.05) is 11.3 Å². The van der Waals surface area contributed by atoms with Gasteiger partial charge in [0.2, 0.25) is 5.13 Å². The number of carbonyl (C=O) groups is 1. The van der Waals surface area contributed by atoms with Gasteiger partial charge in [0.05, 0.1) is 6.61 Å². The average Bonchev–Trinajstić information content (AvgIpc) is 2.94. The third-order valence-electron chi connectivity index (χ3n) is 2.59. The summed E-state index contributed by atoms with van der Waals surface area (Å²) in [6, 6.07) is 7.02. The van der Waals surface area contributed by atoms with Gasteiger partial charge in [-0.25, -0.2) is 0 Å². The summed E-state index contributed by atoms with van der Waals surface area (Å²) in [5.41, 5.74) is 0.565. The molecule has 1 N–H and O–H groups in total. The van der Waals surface area contributed by atoms with Crippen LogP contribution in [0.25, 0.3) is 0 Å². The minimum Gasteiger partial charge on any atom is -0.494 e. The number of hydrogen-bond donors (Lipinski definition) is 1. The molecule has 0 spiro atoms. The normalized spacial score (nSPS) is 10.7. The third kappa shape index (κ3) is 4.99. The van der Waals surface area contributed by atoms with E-state index in [2.05, 4.69) is 29.4 Å². The topological polar surface area (TPSA) is 64.1 Å². The zero-order valence-corrected chi connectivity index (χ0v) is 14.5. The highest BCUT2D eigenvalue weighted by atomic mass is 32.2. The first-order valence-electron chi connectivity index (χ1n) is 7.09. The molecule has 22 heavy (non-hydrogen) atoms.